The lowest BCUT2D eigenvalue weighted by molar-refractivity contribution is 0.102. The Bertz CT molecular complexity index is 655. The van der Waals surface area contributed by atoms with Gasteiger partial charge in [-0.3, -0.25) is 4.79 Å². The van der Waals surface area contributed by atoms with Crippen molar-refractivity contribution in [2.24, 2.45) is 0 Å². The third-order valence-corrected chi connectivity index (χ3v) is 7.75. The molecule has 0 N–H and O–H groups in total. The average Bonchev–Trinajstić information content (AvgIpc) is 2.47. The van der Waals surface area contributed by atoms with Gasteiger partial charge in [-0.15, -0.1) is 0 Å². The summed E-state index contributed by atoms with van der Waals surface area (Å²) in [7, 11) is -2.83. The van der Waals surface area contributed by atoms with Crippen LogP contribution in [0.2, 0.25) is 0 Å². The van der Waals surface area contributed by atoms with Crippen molar-refractivity contribution in [3.63, 3.8) is 0 Å². The molecule has 0 aliphatic rings. The smallest absolute Gasteiger partial charge is 0.170 e. The number of ketones is 1. The summed E-state index contributed by atoms with van der Waals surface area (Å²) >= 11 is 0. The van der Waals surface area contributed by atoms with Crippen molar-refractivity contribution in [1.82, 2.24) is 0 Å². The predicted molar refractivity (Wildman–Crippen MR) is 89.1 cm³/mol. The SMILES string of the molecule is CC(C)(C)[P@@](=O)(CC(=O)c1ccccc1)c1ccccc1. The highest BCUT2D eigenvalue weighted by atomic mass is 31.2. The Kier molecular flexibility index (Phi) is 4.49. The van der Waals surface area contributed by atoms with Gasteiger partial charge in [0.2, 0.25) is 0 Å². The zero-order valence-corrected chi connectivity index (χ0v) is 13.6. The predicted octanol–water partition coefficient (Wildman–Crippen LogP) is 4.36. The third-order valence-electron chi connectivity index (χ3n) is 3.72. The topological polar surface area (TPSA) is 34.1 Å². The maximum atomic E-state index is 13.6. The Morgan fingerprint density at radius 3 is 1.86 bits per heavy atom. The number of benzene rings is 2. The van der Waals surface area contributed by atoms with Crippen molar-refractivity contribution in [1.29, 1.82) is 0 Å². The second kappa shape index (κ2) is 5.99. The zero-order valence-electron chi connectivity index (χ0n) is 12.7. The first kappa shape index (κ1) is 15.7. The number of rotatable bonds is 4. The first-order valence-corrected chi connectivity index (χ1v) is 8.97. The van der Waals surface area contributed by atoms with E-state index in [0.717, 1.165) is 5.30 Å². The fourth-order valence-electron chi connectivity index (χ4n) is 2.30. The molecular weight excluding hydrogens is 279 g/mol. The Balaban J connectivity index is 2.40. The molecule has 0 aromatic heterocycles. The molecule has 2 nitrogen and oxygen atoms in total. The van der Waals surface area contributed by atoms with Gasteiger partial charge in [-0.05, 0) is 0 Å². The summed E-state index contributed by atoms with van der Waals surface area (Å²) in [5.74, 6) is -0.0577. The molecule has 1 atom stereocenters. The van der Waals surface area contributed by atoms with Gasteiger partial charge in [0.05, 0.1) is 6.16 Å². The standard InChI is InChI=1S/C18H21O2P/c1-18(2,3)21(20,16-12-8-5-9-13-16)14-17(19)15-10-6-4-7-11-15/h4-13H,14H2,1-3H3/t21-/m1/s1. The van der Waals surface area contributed by atoms with E-state index >= 15 is 0 Å². The minimum Gasteiger partial charge on any atom is -0.318 e. The first-order valence-electron chi connectivity index (χ1n) is 7.08. The molecule has 0 bridgehead atoms. The molecule has 2 aromatic rings. The van der Waals surface area contributed by atoms with Gasteiger partial charge in [0.25, 0.3) is 0 Å². The molecule has 110 valence electrons. The van der Waals surface area contributed by atoms with Crippen LogP contribution in [0.1, 0.15) is 31.1 Å². The highest BCUT2D eigenvalue weighted by Crippen LogP contribution is 2.56. The highest BCUT2D eigenvalue weighted by Gasteiger charge is 2.39. The van der Waals surface area contributed by atoms with E-state index in [-0.39, 0.29) is 11.9 Å². The van der Waals surface area contributed by atoms with E-state index in [4.69, 9.17) is 0 Å². The lowest BCUT2D eigenvalue weighted by atomic mass is 10.2. The summed E-state index contributed by atoms with van der Waals surface area (Å²) in [6.07, 6.45) is 0.0739. The van der Waals surface area contributed by atoms with Gasteiger partial charge in [0.1, 0.15) is 7.14 Å². The van der Waals surface area contributed by atoms with Crippen LogP contribution in [0.25, 0.3) is 0 Å². The van der Waals surface area contributed by atoms with E-state index in [1.807, 2.05) is 69.3 Å². The molecule has 2 rings (SSSR count). The van der Waals surface area contributed by atoms with Crippen molar-refractivity contribution in [2.75, 3.05) is 6.16 Å². The quantitative estimate of drug-likeness (QED) is 0.621. The molecule has 0 radical (unpaired) electrons. The Morgan fingerprint density at radius 2 is 1.38 bits per heavy atom. The minimum absolute atomic E-state index is 0.0577. The van der Waals surface area contributed by atoms with E-state index in [1.54, 1.807) is 12.1 Å². The molecule has 0 heterocycles. The van der Waals surface area contributed by atoms with Gasteiger partial charge in [-0.2, -0.15) is 0 Å². The van der Waals surface area contributed by atoms with E-state index in [9.17, 15) is 9.36 Å². The molecule has 0 fully saturated rings. The van der Waals surface area contributed by atoms with Gasteiger partial charge in [0, 0.05) is 16.0 Å². The fraction of sp³-hybridized carbons (Fsp3) is 0.278. The maximum absolute atomic E-state index is 13.6. The molecule has 3 heteroatoms. The molecule has 0 aliphatic carbocycles. The fourth-order valence-corrected chi connectivity index (χ4v) is 4.97. The summed E-state index contributed by atoms with van der Waals surface area (Å²) in [5.41, 5.74) is 0.623. The molecule has 0 saturated heterocycles. The van der Waals surface area contributed by atoms with Crippen molar-refractivity contribution >= 4 is 18.2 Å². The van der Waals surface area contributed by atoms with Crippen LogP contribution in [0.5, 0.6) is 0 Å². The van der Waals surface area contributed by atoms with E-state index in [0.29, 0.717) is 5.56 Å². The monoisotopic (exact) mass is 300 g/mol. The maximum Gasteiger partial charge on any atom is 0.170 e. The van der Waals surface area contributed by atoms with Crippen LogP contribution < -0.4 is 5.30 Å². The molecule has 0 unspecified atom stereocenters. The van der Waals surface area contributed by atoms with Gasteiger partial charge in [0.15, 0.2) is 5.78 Å². The number of carbonyl (C=O) groups is 1. The Morgan fingerprint density at radius 1 is 0.905 bits per heavy atom. The molecule has 0 saturated carbocycles. The van der Waals surface area contributed by atoms with Gasteiger partial charge < -0.3 is 4.57 Å². The number of Topliss-reactive ketones (excluding diaryl/α,β-unsaturated/α-hetero) is 1. The van der Waals surface area contributed by atoms with E-state index < -0.39 is 12.3 Å². The summed E-state index contributed by atoms with van der Waals surface area (Å²) < 4.78 is 13.6. The van der Waals surface area contributed by atoms with Crippen molar-refractivity contribution in [3.05, 3.63) is 66.2 Å². The highest BCUT2D eigenvalue weighted by molar-refractivity contribution is 7.73. The molecular formula is C18H21O2P. The second-order valence-electron chi connectivity index (χ2n) is 6.19. The third kappa shape index (κ3) is 3.33. The second-order valence-corrected chi connectivity index (χ2v) is 9.85. The van der Waals surface area contributed by atoms with Crippen LogP contribution in [0, 0.1) is 0 Å². The van der Waals surface area contributed by atoms with Crippen LogP contribution >= 0.6 is 7.14 Å². The van der Waals surface area contributed by atoms with Crippen molar-refractivity contribution < 1.29 is 9.36 Å². The summed E-state index contributed by atoms with van der Waals surface area (Å²) in [6, 6.07) is 18.5. The Labute approximate surface area is 126 Å². The summed E-state index contributed by atoms with van der Waals surface area (Å²) in [5, 5.41) is 0.334. The van der Waals surface area contributed by atoms with Crippen LogP contribution in [0.4, 0.5) is 0 Å². The van der Waals surface area contributed by atoms with Crippen LogP contribution in [0.15, 0.2) is 60.7 Å². The summed E-state index contributed by atoms with van der Waals surface area (Å²) in [4.78, 5) is 12.5. The molecule has 0 aliphatic heterocycles. The average molecular weight is 300 g/mol. The van der Waals surface area contributed by atoms with E-state index in [1.165, 1.54) is 0 Å². The lowest BCUT2D eigenvalue weighted by Gasteiger charge is -2.31. The number of carbonyl (C=O) groups excluding carboxylic acids is 1. The van der Waals surface area contributed by atoms with Gasteiger partial charge in [-0.1, -0.05) is 81.4 Å². The number of hydrogen-bond acceptors (Lipinski definition) is 2. The Hall–Kier alpha value is -1.66. The summed E-state index contributed by atoms with van der Waals surface area (Å²) in [6.45, 7) is 5.83. The molecule has 0 amide bonds. The van der Waals surface area contributed by atoms with E-state index in [2.05, 4.69) is 0 Å². The zero-order chi connectivity index (χ0) is 15.5. The minimum atomic E-state index is -2.83. The van der Waals surface area contributed by atoms with Crippen LogP contribution in [0.3, 0.4) is 0 Å². The molecule has 0 spiro atoms. The molecule has 21 heavy (non-hydrogen) atoms. The normalized spacial score (nSPS) is 14.4. The largest absolute Gasteiger partial charge is 0.318 e. The van der Waals surface area contributed by atoms with Crippen LogP contribution in [-0.4, -0.2) is 17.1 Å². The number of hydrogen-bond donors (Lipinski definition) is 0. The molecule has 2 aromatic carbocycles. The van der Waals surface area contributed by atoms with Crippen molar-refractivity contribution in [2.45, 2.75) is 25.9 Å². The van der Waals surface area contributed by atoms with Crippen molar-refractivity contribution in [3.8, 4) is 0 Å². The first-order chi connectivity index (χ1) is 9.84. The van der Waals surface area contributed by atoms with Gasteiger partial charge in [-0.25, -0.2) is 0 Å². The lowest BCUT2D eigenvalue weighted by Crippen LogP contribution is -2.28. The van der Waals surface area contributed by atoms with Gasteiger partial charge >= 0.3 is 0 Å². The van der Waals surface area contributed by atoms with Crippen LogP contribution in [-0.2, 0) is 4.57 Å².